The van der Waals surface area contributed by atoms with Gasteiger partial charge in [-0.1, -0.05) is 35.0 Å². The van der Waals surface area contributed by atoms with Crippen molar-refractivity contribution in [3.8, 4) is 0 Å². The molecule has 1 aromatic carbocycles. The highest BCUT2D eigenvalue weighted by molar-refractivity contribution is 9.10. The van der Waals surface area contributed by atoms with Gasteiger partial charge in [-0.15, -0.1) is 0 Å². The van der Waals surface area contributed by atoms with Crippen LogP contribution in [0.2, 0.25) is 0 Å². The van der Waals surface area contributed by atoms with Gasteiger partial charge in [-0.25, -0.2) is 0 Å². The molecule has 1 rings (SSSR count). The van der Waals surface area contributed by atoms with Gasteiger partial charge in [0.1, 0.15) is 0 Å². The Hall–Kier alpha value is -0.480. The van der Waals surface area contributed by atoms with Crippen LogP contribution >= 0.6 is 15.9 Å². The molecule has 0 aliphatic rings. The Balaban J connectivity index is 2.61. The number of carbonyl (C=O) groups excluding carboxylic acids is 1. The Morgan fingerprint density at radius 3 is 2.47 bits per heavy atom. The summed E-state index contributed by atoms with van der Waals surface area (Å²) < 4.78 is 12.3. The summed E-state index contributed by atoms with van der Waals surface area (Å²) in [6.45, 7) is 1.96. The number of carbonyl (C=O) groups is 1. The Bertz CT molecular complexity index is 359. The number of benzene rings is 1. The lowest BCUT2D eigenvalue weighted by Crippen LogP contribution is -2.12. The molecule has 1 aromatic rings. The lowest BCUT2D eigenvalue weighted by Gasteiger charge is -2.00. The number of hydrogen-bond donors (Lipinski definition) is 0. The normalized spacial score (nSPS) is 12.4. The van der Waals surface area contributed by atoms with Gasteiger partial charge >= 0.3 is 0 Å². The van der Waals surface area contributed by atoms with Gasteiger partial charge in [0.05, 0.1) is 5.75 Å². The third-order valence-electron chi connectivity index (χ3n) is 1.89. The second kappa shape index (κ2) is 6.18. The Kier molecular flexibility index (Phi) is 5.19. The molecule has 82 valence electrons. The molecule has 0 radical (unpaired) electrons. The zero-order valence-electron chi connectivity index (χ0n) is 8.53. The van der Waals surface area contributed by atoms with E-state index in [-0.39, 0.29) is 11.5 Å². The van der Waals surface area contributed by atoms with Crippen molar-refractivity contribution in [2.24, 2.45) is 0 Å². The second-order valence-corrected chi connectivity index (χ2v) is 5.71. The summed E-state index contributed by atoms with van der Waals surface area (Å²) in [6.07, 6.45) is 0.847. The van der Waals surface area contributed by atoms with E-state index in [1.54, 1.807) is 12.1 Å². The van der Waals surface area contributed by atoms with Crippen molar-refractivity contribution in [1.82, 2.24) is 0 Å². The molecular formula is C11H13BrO2S. The quantitative estimate of drug-likeness (QED) is 0.781. The van der Waals surface area contributed by atoms with Gasteiger partial charge in [0.15, 0.2) is 5.78 Å². The van der Waals surface area contributed by atoms with Crippen LogP contribution in [0.3, 0.4) is 0 Å². The Morgan fingerprint density at radius 1 is 1.33 bits per heavy atom. The van der Waals surface area contributed by atoms with Crippen molar-refractivity contribution < 1.29 is 9.00 Å². The largest absolute Gasteiger partial charge is 0.293 e. The van der Waals surface area contributed by atoms with Crippen LogP contribution < -0.4 is 0 Å². The first-order valence-corrected chi connectivity index (χ1v) is 7.05. The van der Waals surface area contributed by atoms with E-state index in [9.17, 15) is 9.00 Å². The minimum atomic E-state index is -1.02. The number of halogens is 1. The van der Waals surface area contributed by atoms with Crippen LogP contribution in [0.15, 0.2) is 28.7 Å². The molecule has 0 amide bonds. The lowest BCUT2D eigenvalue weighted by molar-refractivity contribution is 0.102. The molecule has 0 spiro atoms. The fourth-order valence-corrected chi connectivity index (χ4v) is 2.49. The average molecular weight is 289 g/mol. The highest BCUT2D eigenvalue weighted by atomic mass is 79.9. The maximum absolute atomic E-state index is 11.6. The first-order chi connectivity index (χ1) is 7.13. The number of Topliss-reactive ketones (excluding diaryl/α,β-unsaturated/α-hetero) is 1. The summed E-state index contributed by atoms with van der Waals surface area (Å²) in [6, 6.07) is 7.12. The number of rotatable bonds is 5. The highest BCUT2D eigenvalue weighted by Gasteiger charge is 2.09. The first kappa shape index (κ1) is 12.6. The van der Waals surface area contributed by atoms with Crippen molar-refractivity contribution in [1.29, 1.82) is 0 Å². The van der Waals surface area contributed by atoms with Crippen LogP contribution in [0, 0.1) is 0 Å². The van der Waals surface area contributed by atoms with E-state index >= 15 is 0 Å². The van der Waals surface area contributed by atoms with Crippen molar-refractivity contribution in [3.05, 3.63) is 34.3 Å². The molecule has 0 aliphatic heterocycles. The summed E-state index contributed by atoms with van der Waals surface area (Å²) in [5.74, 6) is 0.687. The number of hydrogen-bond acceptors (Lipinski definition) is 2. The molecule has 0 saturated heterocycles. The second-order valence-electron chi connectivity index (χ2n) is 3.22. The smallest absolute Gasteiger partial charge is 0.175 e. The van der Waals surface area contributed by atoms with E-state index in [1.165, 1.54) is 0 Å². The third-order valence-corrected chi connectivity index (χ3v) is 3.87. The molecular weight excluding hydrogens is 276 g/mol. The molecule has 1 atom stereocenters. The minimum Gasteiger partial charge on any atom is -0.293 e. The monoisotopic (exact) mass is 288 g/mol. The third kappa shape index (κ3) is 4.26. The standard InChI is InChI=1S/C11H13BrO2S/c1-2-7-15(14)8-11(13)9-3-5-10(12)6-4-9/h3-6H,2,7-8H2,1H3. The summed E-state index contributed by atoms with van der Waals surface area (Å²) >= 11 is 3.30. The minimum absolute atomic E-state index is 0.0470. The molecule has 4 heteroatoms. The van der Waals surface area contributed by atoms with Gasteiger partial charge < -0.3 is 0 Å². The van der Waals surface area contributed by atoms with Gasteiger partial charge in [-0.05, 0) is 18.6 Å². The Labute approximate surface area is 101 Å². The average Bonchev–Trinajstić information content (AvgIpc) is 2.18. The zero-order valence-corrected chi connectivity index (χ0v) is 10.9. The molecule has 15 heavy (non-hydrogen) atoms. The van der Waals surface area contributed by atoms with Crippen molar-refractivity contribution in [2.45, 2.75) is 13.3 Å². The predicted molar refractivity (Wildman–Crippen MR) is 66.6 cm³/mol. The summed E-state index contributed by atoms with van der Waals surface area (Å²) in [5, 5.41) is 0. The SMILES string of the molecule is CCCS(=O)CC(=O)c1ccc(Br)cc1. The predicted octanol–water partition coefficient (Wildman–Crippen LogP) is 2.79. The van der Waals surface area contributed by atoms with Gasteiger partial charge in [-0.3, -0.25) is 9.00 Å². The van der Waals surface area contributed by atoms with Crippen molar-refractivity contribution in [3.63, 3.8) is 0 Å². The maximum Gasteiger partial charge on any atom is 0.175 e. The van der Waals surface area contributed by atoms with Gasteiger partial charge in [0.25, 0.3) is 0 Å². The molecule has 0 N–H and O–H groups in total. The molecule has 0 fully saturated rings. The topological polar surface area (TPSA) is 34.1 Å². The van der Waals surface area contributed by atoms with Crippen LogP contribution in [0.5, 0.6) is 0 Å². The van der Waals surface area contributed by atoms with Crippen LogP contribution in [-0.4, -0.2) is 21.5 Å². The van der Waals surface area contributed by atoms with Crippen molar-refractivity contribution in [2.75, 3.05) is 11.5 Å². The van der Waals surface area contributed by atoms with E-state index in [4.69, 9.17) is 0 Å². The first-order valence-electron chi connectivity index (χ1n) is 4.77. The lowest BCUT2D eigenvalue weighted by atomic mass is 10.2. The fraction of sp³-hybridized carbons (Fsp3) is 0.364. The van der Waals surface area contributed by atoms with Gasteiger partial charge in [0.2, 0.25) is 0 Å². The van der Waals surface area contributed by atoms with E-state index in [2.05, 4.69) is 15.9 Å². The van der Waals surface area contributed by atoms with Crippen LogP contribution in [0.1, 0.15) is 23.7 Å². The van der Waals surface area contributed by atoms with Gasteiger partial charge in [0, 0.05) is 26.6 Å². The van der Waals surface area contributed by atoms with E-state index < -0.39 is 10.8 Å². The van der Waals surface area contributed by atoms with E-state index in [0.717, 1.165) is 10.9 Å². The molecule has 0 bridgehead atoms. The Morgan fingerprint density at radius 2 is 1.93 bits per heavy atom. The zero-order chi connectivity index (χ0) is 11.3. The molecule has 0 aliphatic carbocycles. The van der Waals surface area contributed by atoms with Crippen LogP contribution in [0.25, 0.3) is 0 Å². The highest BCUT2D eigenvalue weighted by Crippen LogP contribution is 2.11. The number of ketones is 1. The molecule has 0 aromatic heterocycles. The summed E-state index contributed by atoms with van der Waals surface area (Å²) in [4.78, 5) is 11.6. The summed E-state index contributed by atoms with van der Waals surface area (Å²) in [7, 11) is -1.02. The van der Waals surface area contributed by atoms with Crippen LogP contribution in [0.4, 0.5) is 0 Å². The van der Waals surface area contributed by atoms with Crippen LogP contribution in [-0.2, 0) is 10.8 Å². The molecule has 2 nitrogen and oxygen atoms in total. The van der Waals surface area contributed by atoms with Crippen molar-refractivity contribution >= 4 is 32.5 Å². The summed E-state index contributed by atoms with van der Waals surface area (Å²) in [5.41, 5.74) is 0.627. The van der Waals surface area contributed by atoms with E-state index in [1.807, 2.05) is 19.1 Å². The van der Waals surface area contributed by atoms with Gasteiger partial charge in [-0.2, -0.15) is 0 Å². The molecule has 0 saturated carbocycles. The van der Waals surface area contributed by atoms with E-state index in [0.29, 0.717) is 11.3 Å². The molecule has 1 unspecified atom stereocenters. The molecule has 0 heterocycles. The fourth-order valence-electron chi connectivity index (χ4n) is 1.17. The maximum atomic E-state index is 11.6.